The second-order valence-electron chi connectivity index (χ2n) is 1.68. The van der Waals surface area contributed by atoms with Crippen molar-refractivity contribution in [2.75, 3.05) is 7.11 Å². The Morgan fingerprint density at radius 2 is 1.70 bits per heavy atom. The van der Waals surface area contributed by atoms with E-state index >= 15 is 0 Å². The van der Waals surface area contributed by atoms with Crippen molar-refractivity contribution in [1.82, 2.24) is 0 Å². The van der Waals surface area contributed by atoms with Crippen LogP contribution in [0.2, 0.25) is 0 Å². The Morgan fingerprint density at radius 1 is 1.20 bits per heavy atom. The summed E-state index contributed by atoms with van der Waals surface area (Å²) in [6.07, 6.45) is 0. The van der Waals surface area contributed by atoms with Crippen LogP contribution in [0.25, 0.3) is 0 Å². The van der Waals surface area contributed by atoms with Crippen LogP contribution in [-0.2, 0) is 0 Å². The molecule has 3 heteroatoms. The van der Waals surface area contributed by atoms with Gasteiger partial charge in [-0.05, 0) is 0 Å². The van der Waals surface area contributed by atoms with Crippen molar-refractivity contribution in [3.63, 3.8) is 0 Å². The quantitative estimate of drug-likeness (QED) is 0.480. The van der Waals surface area contributed by atoms with Crippen LogP contribution in [0, 0.1) is 0 Å². The minimum Gasteiger partial charge on any atom is 1.00 e. The van der Waals surface area contributed by atoms with Crippen molar-refractivity contribution in [2.45, 2.75) is 0 Å². The standard InChI is InChI=1S/C7H8OSe.K/c1-8-6-2-4-7(9)5-3-6;/h2-5,9H,1H3;/q;+1/p-1. The van der Waals surface area contributed by atoms with Crippen LogP contribution in [0.3, 0.4) is 0 Å². The molecule has 0 bridgehead atoms. The van der Waals surface area contributed by atoms with Gasteiger partial charge >= 0.3 is 114 Å². The molecule has 0 atom stereocenters. The smallest absolute Gasteiger partial charge is 1.00 e. The first-order valence-electron chi connectivity index (χ1n) is 2.64. The molecule has 1 aromatic rings. The summed E-state index contributed by atoms with van der Waals surface area (Å²) in [5.41, 5.74) is 0. The molecule has 1 rings (SSSR count). The third-order valence-electron chi connectivity index (χ3n) is 1.06. The largest absolute Gasteiger partial charge is 1.00 e. The normalized spacial score (nSPS) is 8.10. The summed E-state index contributed by atoms with van der Waals surface area (Å²) in [6.45, 7) is 0. The summed E-state index contributed by atoms with van der Waals surface area (Å²) in [4.78, 5) is 0. The number of hydrogen-bond acceptors (Lipinski definition) is 1. The zero-order valence-electron chi connectivity index (χ0n) is 6.13. The van der Waals surface area contributed by atoms with E-state index in [1.807, 2.05) is 24.3 Å². The topological polar surface area (TPSA) is 9.23 Å². The molecular weight excluding hydrogens is 218 g/mol. The van der Waals surface area contributed by atoms with Gasteiger partial charge in [0.2, 0.25) is 0 Å². The van der Waals surface area contributed by atoms with Gasteiger partial charge in [-0.3, -0.25) is 0 Å². The van der Waals surface area contributed by atoms with Gasteiger partial charge in [0.1, 0.15) is 0 Å². The van der Waals surface area contributed by atoms with Crippen LogP contribution in [0.4, 0.5) is 0 Å². The molecule has 1 nitrogen and oxygen atoms in total. The van der Waals surface area contributed by atoms with Crippen molar-refractivity contribution in [1.29, 1.82) is 0 Å². The second-order valence-corrected chi connectivity index (χ2v) is 2.66. The first-order valence-corrected chi connectivity index (χ1v) is 3.49. The maximum absolute atomic E-state index is 4.96. The van der Waals surface area contributed by atoms with Gasteiger partial charge in [-0.1, -0.05) is 0 Å². The molecule has 0 aliphatic heterocycles. The van der Waals surface area contributed by atoms with E-state index in [0.29, 0.717) is 0 Å². The molecule has 0 heterocycles. The van der Waals surface area contributed by atoms with Crippen LogP contribution in [0.5, 0.6) is 5.75 Å². The molecule has 0 amide bonds. The third kappa shape index (κ3) is 3.53. The summed E-state index contributed by atoms with van der Waals surface area (Å²) in [7, 11) is 1.66. The van der Waals surface area contributed by atoms with Crippen molar-refractivity contribution in [3.05, 3.63) is 24.3 Å². The molecule has 0 radical (unpaired) electrons. The predicted molar refractivity (Wildman–Crippen MR) is 38.4 cm³/mol. The fourth-order valence-corrected chi connectivity index (χ4v) is 0.861. The summed E-state index contributed by atoms with van der Waals surface area (Å²) < 4.78 is 6.09. The van der Waals surface area contributed by atoms with Gasteiger partial charge in [0.25, 0.3) is 0 Å². The first-order chi connectivity index (χ1) is 4.33. The van der Waals surface area contributed by atoms with Gasteiger partial charge in [-0.25, -0.2) is 0 Å². The fourth-order valence-electron chi connectivity index (χ4n) is 0.576. The van der Waals surface area contributed by atoms with Crippen LogP contribution in [0.1, 0.15) is 0 Å². The van der Waals surface area contributed by atoms with Crippen LogP contribution >= 0.6 is 0 Å². The van der Waals surface area contributed by atoms with E-state index in [9.17, 15) is 0 Å². The maximum Gasteiger partial charge on any atom is 1.00 e. The Bertz CT molecular complexity index is 185. The number of ether oxygens (including phenoxy) is 1. The van der Waals surface area contributed by atoms with E-state index in [0.717, 1.165) is 10.2 Å². The van der Waals surface area contributed by atoms with Crippen molar-refractivity contribution in [3.8, 4) is 5.75 Å². The number of methoxy groups -OCH3 is 1. The monoisotopic (exact) mass is 226 g/mol. The van der Waals surface area contributed by atoms with Gasteiger partial charge in [0.15, 0.2) is 0 Å². The van der Waals surface area contributed by atoms with Crippen LogP contribution in [-0.4, -0.2) is 23.1 Å². The van der Waals surface area contributed by atoms with E-state index in [2.05, 4.69) is 16.0 Å². The number of rotatable bonds is 1. The van der Waals surface area contributed by atoms with Gasteiger partial charge in [0.05, 0.1) is 0 Å². The Morgan fingerprint density at radius 3 is 2.10 bits per heavy atom. The third-order valence-corrected chi connectivity index (χ3v) is 1.63. The Labute approximate surface area is 112 Å². The second kappa shape index (κ2) is 5.78. The van der Waals surface area contributed by atoms with Gasteiger partial charge in [-0.15, -0.1) is 0 Å². The predicted octanol–water partition coefficient (Wildman–Crippen LogP) is -2.51. The molecule has 0 aromatic heterocycles. The molecule has 0 N–H and O–H groups in total. The maximum atomic E-state index is 4.96. The summed E-state index contributed by atoms with van der Waals surface area (Å²) >= 11 is 2.90. The molecule has 0 spiro atoms. The Hall–Kier alpha value is 1.18. The Balaban J connectivity index is 0.000000810. The van der Waals surface area contributed by atoms with Gasteiger partial charge in [-0.2, -0.15) is 0 Å². The molecule has 0 aliphatic rings. The van der Waals surface area contributed by atoms with E-state index in [-0.39, 0.29) is 51.4 Å². The first kappa shape index (κ1) is 11.2. The molecule has 0 unspecified atom stereocenters. The summed E-state index contributed by atoms with van der Waals surface area (Å²) in [5.74, 6) is 0.897. The molecule has 0 aliphatic carbocycles. The minimum absolute atomic E-state index is 0. The average Bonchev–Trinajstić information content (AvgIpc) is 1.90. The fraction of sp³-hybridized carbons (Fsp3) is 0.143. The van der Waals surface area contributed by atoms with Crippen LogP contribution in [0.15, 0.2) is 24.3 Å². The molecule has 10 heavy (non-hydrogen) atoms. The molecule has 0 saturated carbocycles. The molecule has 0 fully saturated rings. The van der Waals surface area contributed by atoms with Crippen molar-refractivity contribution < 1.29 is 56.1 Å². The number of hydrogen-bond donors (Lipinski definition) is 0. The van der Waals surface area contributed by atoms with Gasteiger partial charge in [0, 0.05) is 0 Å². The van der Waals surface area contributed by atoms with Crippen LogP contribution < -0.4 is 60.6 Å². The molecule has 1 aromatic carbocycles. The van der Waals surface area contributed by atoms with E-state index in [1.54, 1.807) is 7.11 Å². The summed E-state index contributed by atoms with van der Waals surface area (Å²) in [5, 5.41) is 0. The zero-order chi connectivity index (χ0) is 6.69. The van der Waals surface area contributed by atoms with E-state index in [1.165, 1.54) is 0 Å². The van der Waals surface area contributed by atoms with E-state index in [4.69, 9.17) is 4.74 Å². The van der Waals surface area contributed by atoms with Crippen molar-refractivity contribution >= 4 is 20.5 Å². The Kier molecular flexibility index (Phi) is 6.46. The number of benzene rings is 1. The van der Waals surface area contributed by atoms with Crippen molar-refractivity contribution in [2.24, 2.45) is 0 Å². The zero-order valence-corrected chi connectivity index (χ0v) is 11.0. The van der Waals surface area contributed by atoms with Gasteiger partial charge < -0.3 is 0 Å². The minimum atomic E-state index is 0. The van der Waals surface area contributed by atoms with E-state index < -0.39 is 0 Å². The summed E-state index contributed by atoms with van der Waals surface area (Å²) in [6, 6.07) is 7.79. The molecular formula is C7H7KOSe. The average molecular weight is 225 g/mol. The molecule has 0 saturated heterocycles. The SMILES string of the molecule is COc1ccc([Se-])cc1.[K+]. The molecule has 48 valence electrons.